The minimum absolute atomic E-state index is 0.124. The van der Waals surface area contributed by atoms with Gasteiger partial charge in [-0.1, -0.05) is 30.3 Å². The van der Waals surface area contributed by atoms with Crippen LogP contribution in [0.5, 0.6) is 0 Å². The van der Waals surface area contributed by atoms with Crippen LogP contribution in [0.2, 0.25) is 0 Å². The summed E-state index contributed by atoms with van der Waals surface area (Å²) in [5.41, 5.74) is 25.9. The Kier molecular flexibility index (Phi) is 3.87. The van der Waals surface area contributed by atoms with Crippen LogP contribution in [-0.2, 0) is 6.42 Å². The molecule has 0 atom stereocenters. The Balaban J connectivity index is 2.29. The molecule has 8 heteroatoms. The van der Waals surface area contributed by atoms with E-state index in [1.165, 1.54) is 5.56 Å². The molecule has 122 valence electrons. The van der Waals surface area contributed by atoms with Crippen molar-refractivity contribution >= 4 is 34.1 Å². The fourth-order valence-electron chi connectivity index (χ4n) is 2.87. The quantitative estimate of drug-likeness (QED) is 0.357. The molecule has 24 heavy (non-hydrogen) atoms. The first kappa shape index (κ1) is 15.5. The van der Waals surface area contributed by atoms with Gasteiger partial charge in [0.1, 0.15) is 5.71 Å². The number of hydrogen-bond donors (Lipinski definition) is 4. The maximum absolute atomic E-state index is 5.41. The highest BCUT2D eigenvalue weighted by Gasteiger charge is 2.28. The predicted molar refractivity (Wildman–Crippen MR) is 98.0 cm³/mol. The van der Waals surface area contributed by atoms with Crippen molar-refractivity contribution in [2.24, 2.45) is 43.3 Å². The Morgan fingerprint density at radius 3 is 2.21 bits per heavy atom. The average molecular weight is 322 g/mol. The van der Waals surface area contributed by atoms with Crippen LogP contribution in [0.3, 0.4) is 0 Å². The summed E-state index contributed by atoms with van der Waals surface area (Å²) < 4.78 is 0. The molecular formula is C16H18N8. The SMILES string of the molecule is Cc1cc2c(c3ccccc13)C(=N/N=C(N)N)/C(=N/N=C(N)N)C2. The van der Waals surface area contributed by atoms with Gasteiger partial charge in [0.15, 0.2) is 0 Å². The molecule has 0 amide bonds. The maximum Gasteiger partial charge on any atom is 0.211 e. The smallest absolute Gasteiger partial charge is 0.211 e. The van der Waals surface area contributed by atoms with E-state index in [-0.39, 0.29) is 11.9 Å². The zero-order chi connectivity index (χ0) is 17.3. The first-order chi connectivity index (χ1) is 11.5. The summed E-state index contributed by atoms with van der Waals surface area (Å²) in [7, 11) is 0. The van der Waals surface area contributed by atoms with Gasteiger partial charge in [0.2, 0.25) is 11.9 Å². The Bertz CT molecular complexity index is 928. The lowest BCUT2D eigenvalue weighted by Gasteiger charge is -2.08. The second-order valence-corrected chi connectivity index (χ2v) is 5.49. The molecule has 0 saturated carbocycles. The van der Waals surface area contributed by atoms with Crippen LogP contribution in [0.4, 0.5) is 0 Å². The van der Waals surface area contributed by atoms with E-state index in [9.17, 15) is 0 Å². The number of fused-ring (bicyclic) bond motifs is 3. The van der Waals surface area contributed by atoms with Gasteiger partial charge in [-0.05, 0) is 28.8 Å². The van der Waals surface area contributed by atoms with Crippen molar-refractivity contribution in [3.05, 3.63) is 47.0 Å². The monoisotopic (exact) mass is 322 g/mol. The number of rotatable bonds is 2. The molecule has 0 aliphatic heterocycles. The number of nitrogens with zero attached hydrogens (tertiary/aromatic N) is 4. The highest BCUT2D eigenvalue weighted by Crippen LogP contribution is 2.32. The Morgan fingerprint density at radius 1 is 0.917 bits per heavy atom. The second-order valence-electron chi connectivity index (χ2n) is 5.49. The molecule has 8 N–H and O–H groups in total. The van der Waals surface area contributed by atoms with Gasteiger partial charge >= 0.3 is 0 Å². The number of guanidine groups is 2. The third-order valence-electron chi connectivity index (χ3n) is 3.75. The molecule has 3 rings (SSSR count). The number of benzene rings is 2. The summed E-state index contributed by atoms with van der Waals surface area (Å²) in [5.74, 6) is -0.255. The van der Waals surface area contributed by atoms with Crippen molar-refractivity contribution in [2.75, 3.05) is 0 Å². The van der Waals surface area contributed by atoms with Gasteiger partial charge in [-0.25, -0.2) is 0 Å². The highest BCUT2D eigenvalue weighted by atomic mass is 15.3. The maximum atomic E-state index is 5.41. The third-order valence-corrected chi connectivity index (χ3v) is 3.75. The first-order valence-corrected chi connectivity index (χ1v) is 7.31. The summed E-state index contributed by atoms with van der Waals surface area (Å²) in [5, 5.41) is 18.0. The molecule has 0 heterocycles. The van der Waals surface area contributed by atoms with E-state index in [0.717, 1.165) is 21.9 Å². The minimum atomic E-state index is -0.131. The van der Waals surface area contributed by atoms with Crippen molar-refractivity contribution in [3.63, 3.8) is 0 Å². The minimum Gasteiger partial charge on any atom is -0.369 e. The summed E-state index contributed by atoms with van der Waals surface area (Å²) in [4.78, 5) is 0. The van der Waals surface area contributed by atoms with E-state index >= 15 is 0 Å². The van der Waals surface area contributed by atoms with E-state index in [4.69, 9.17) is 22.9 Å². The summed E-state index contributed by atoms with van der Waals surface area (Å²) in [6, 6.07) is 10.2. The van der Waals surface area contributed by atoms with E-state index in [1.807, 2.05) is 18.2 Å². The van der Waals surface area contributed by atoms with E-state index in [0.29, 0.717) is 17.8 Å². The molecule has 0 spiro atoms. The summed E-state index contributed by atoms with van der Waals surface area (Å²) in [6.45, 7) is 2.07. The van der Waals surface area contributed by atoms with E-state index in [1.54, 1.807) is 0 Å². The average Bonchev–Trinajstić information content (AvgIpc) is 2.88. The van der Waals surface area contributed by atoms with Crippen LogP contribution in [0.1, 0.15) is 16.7 Å². The fourth-order valence-corrected chi connectivity index (χ4v) is 2.87. The highest BCUT2D eigenvalue weighted by molar-refractivity contribution is 6.53. The van der Waals surface area contributed by atoms with Gasteiger partial charge in [0.25, 0.3) is 0 Å². The van der Waals surface area contributed by atoms with E-state index < -0.39 is 0 Å². The van der Waals surface area contributed by atoms with E-state index in [2.05, 4.69) is 39.5 Å². The van der Waals surface area contributed by atoms with Gasteiger partial charge < -0.3 is 22.9 Å². The first-order valence-electron chi connectivity index (χ1n) is 7.31. The molecule has 0 fully saturated rings. The van der Waals surface area contributed by atoms with Crippen molar-refractivity contribution in [1.29, 1.82) is 0 Å². The molecule has 0 unspecified atom stereocenters. The standard InChI is InChI=1S/C16H18N8/c1-8-6-9-7-12(21-23-15(17)18)14(22-24-16(19)20)13(9)11-5-3-2-4-10(8)11/h2-6H,7H2,1H3,(H4,17,18,23)(H4,19,20,24)/b21-12+,22-14+. The van der Waals surface area contributed by atoms with Crippen LogP contribution >= 0.6 is 0 Å². The number of nitrogens with two attached hydrogens (primary N) is 4. The molecule has 0 aromatic heterocycles. The Morgan fingerprint density at radius 2 is 1.54 bits per heavy atom. The topological polar surface area (TPSA) is 154 Å². The molecule has 0 saturated heterocycles. The molecule has 1 aliphatic rings. The van der Waals surface area contributed by atoms with Gasteiger partial charge in [0, 0.05) is 12.0 Å². The lowest BCUT2D eigenvalue weighted by Crippen LogP contribution is -2.23. The second kappa shape index (κ2) is 5.99. The normalized spacial score (nSPS) is 16.4. The number of aryl methyl sites for hydroxylation is 1. The van der Waals surface area contributed by atoms with Crippen LogP contribution in [0.15, 0.2) is 50.7 Å². The van der Waals surface area contributed by atoms with Gasteiger partial charge in [0.05, 0.1) is 5.71 Å². The molecule has 0 radical (unpaired) electrons. The van der Waals surface area contributed by atoms with Crippen molar-refractivity contribution in [3.8, 4) is 0 Å². The van der Waals surface area contributed by atoms with Crippen molar-refractivity contribution in [2.45, 2.75) is 13.3 Å². The Labute approximate surface area is 138 Å². The molecule has 0 bridgehead atoms. The summed E-state index contributed by atoms with van der Waals surface area (Å²) >= 11 is 0. The van der Waals surface area contributed by atoms with Gasteiger partial charge in [-0.15, -0.1) is 20.4 Å². The fraction of sp³-hybridized carbons (Fsp3) is 0.125. The van der Waals surface area contributed by atoms with Crippen LogP contribution in [0.25, 0.3) is 10.8 Å². The molecular weight excluding hydrogens is 304 g/mol. The zero-order valence-corrected chi connectivity index (χ0v) is 13.2. The van der Waals surface area contributed by atoms with Gasteiger partial charge in [-0.2, -0.15) is 0 Å². The Hall–Kier alpha value is -3.42. The predicted octanol–water partition coefficient (Wildman–Crippen LogP) is 0.311. The molecule has 1 aliphatic carbocycles. The third kappa shape index (κ3) is 2.76. The lowest BCUT2D eigenvalue weighted by atomic mass is 9.96. The van der Waals surface area contributed by atoms with Crippen LogP contribution in [-0.4, -0.2) is 23.3 Å². The number of hydrogen-bond acceptors (Lipinski definition) is 4. The summed E-state index contributed by atoms with van der Waals surface area (Å²) in [6.07, 6.45) is 0.552. The molecule has 2 aromatic carbocycles. The van der Waals surface area contributed by atoms with Crippen molar-refractivity contribution < 1.29 is 0 Å². The largest absolute Gasteiger partial charge is 0.369 e. The van der Waals surface area contributed by atoms with Gasteiger partial charge in [-0.3, -0.25) is 0 Å². The molecule has 2 aromatic rings. The van der Waals surface area contributed by atoms with Crippen LogP contribution in [0, 0.1) is 6.92 Å². The van der Waals surface area contributed by atoms with Crippen molar-refractivity contribution in [1.82, 2.24) is 0 Å². The lowest BCUT2D eigenvalue weighted by molar-refractivity contribution is 1.18. The zero-order valence-electron chi connectivity index (χ0n) is 13.2. The van der Waals surface area contributed by atoms with Crippen LogP contribution < -0.4 is 22.9 Å². The molecule has 8 nitrogen and oxygen atoms in total.